The molecule has 1 saturated heterocycles. The number of methoxy groups -OCH3 is 1. The SMILES string of the molecule is COc1ccccc1C1CCCN1C(=O)c1cc(C)n(C(C)(C)C)n1. The van der Waals surface area contributed by atoms with Crippen molar-refractivity contribution >= 4 is 5.91 Å². The van der Waals surface area contributed by atoms with Gasteiger partial charge in [0, 0.05) is 17.8 Å². The lowest BCUT2D eigenvalue weighted by Gasteiger charge is -2.26. The van der Waals surface area contributed by atoms with Crippen molar-refractivity contribution in [3.05, 3.63) is 47.3 Å². The van der Waals surface area contributed by atoms with Gasteiger partial charge < -0.3 is 9.64 Å². The zero-order chi connectivity index (χ0) is 18.2. The zero-order valence-electron chi connectivity index (χ0n) is 15.7. The van der Waals surface area contributed by atoms with E-state index in [0.29, 0.717) is 5.69 Å². The number of carbonyl (C=O) groups is 1. The van der Waals surface area contributed by atoms with Gasteiger partial charge in [-0.05, 0) is 52.7 Å². The van der Waals surface area contributed by atoms with E-state index in [-0.39, 0.29) is 17.5 Å². The molecule has 3 rings (SSSR count). The summed E-state index contributed by atoms with van der Waals surface area (Å²) in [5, 5.41) is 4.59. The first-order valence-electron chi connectivity index (χ1n) is 8.84. The van der Waals surface area contributed by atoms with E-state index in [0.717, 1.165) is 36.4 Å². The fourth-order valence-electron chi connectivity index (χ4n) is 3.68. The van der Waals surface area contributed by atoms with Gasteiger partial charge >= 0.3 is 0 Å². The Labute approximate surface area is 149 Å². The van der Waals surface area contributed by atoms with Gasteiger partial charge in [-0.1, -0.05) is 18.2 Å². The van der Waals surface area contributed by atoms with Crippen LogP contribution < -0.4 is 4.74 Å². The largest absolute Gasteiger partial charge is 0.496 e. The predicted octanol–water partition coefficient (Wildman–Crippen LogP) is 3.93. The van der Waals surface area contributed by atoms with Crippen molar-refractivity contribution in [2.24, 2.45) is 0 Å². The summed E-state index contributed by atoms with van der Waals surface area (Å²) in [4.78, 5) is 15.1. The Morgan fingerprint density at radius 2 is 2.00 bits per heavy atom. The van der Waals surface area contributed by atoms with Crippen molar-refractivity contribution in [1.82, 2.24) is 14.7 Å². The molecule has 1 aliphatic heterocycles. The summed E-state index contributed by atoms with van der Waals surface area (Å²) < 4.78 is 7.43. The van der Waals surface area contributed by atoms with Crippen LogP contribution in [-0.4, -0.2) is 34.2 Å². The molecular weight excluding hydrogens is 314 g/mol. The Balaban J connectivity index is 1.92. The molecule has 5 nitrogen and oxygen atoms in total. The lowest BCUT2D eigenvalue weighted by Crippen LogP contribution is -2.32. The van der Waals surface area contributed by atoms with Crippen molar-refractivity contribution in [1.29, 1.82) is 0 Å². The normalized spacial score (nSPS) is 17.8. The molecule has 5 heteroatoms. The molecule has 0 spiro atoms. The molecule has 2 aromatic rings. The molecule has 0 bridgehead atoms. The summed E-state index contributed by atoms with van der Waals surface area (Å²) in [6.07, 6.45) is 1.94. The Bertz CT molecular complexity index is 773. The average Bonchev–Trinajstić information content (AvgIpc) is 3.20. The minimum atomic E-state index is -0.143. The molecule has 1 unspecified atom stereocenters. The molecule has 134 valence electrons. The Hall–Kier alpha value is -2.30. The van der Waals surface area contributed by atoms with Gasteiger partial charge in [0.1, 0.15) is 5.75 Å². The smallest absolute Gasteiger partial charge is 0.274 e. The molecule has 0 N–H and O–H groups in total. The highest BCUT2D eigenvalue weighted by Crippen LogP contribution is 2.37. The number of amides is 1. The fraction of sp³-hybridized carbons (Fsp3) is 0.500. The van der Waals surface area contributed by atoms with Gasteiger partial charge in [-0.3, -0.25) is 9.48 Å². The molecule has 25 heavy (non-hydrogen) atoms. The van der Waals surface area contributed by atoms with E-state index < -0.39 is 0 Å². The molecule has 2 heterocycles. The molecule has 1 amide bonds. The third-order valence-electron chi connectivity index (χ3n) is 4.75. The predicted molar refractivity (Wildman–Crippen MR) is 98.0 cm³/mol. The Morgan fingerprint density at radius 1 is 1.28 bits per heavy atom. The number of aromatic nitrogens is 2. The summed E-state index contributed by atoms with van der Waals surface area (Å²) in [7, 11) is 1.67. The molecule has 1 aromatic carbocycles. The number of hydrogen-bond donors (Lipinski definition) is 0. The molecule has 1 atom stereocenters. The third kappa shape index (κ3) is 3.28. The minimum Gasteiger partial charge on any atom is -0.496 e. The van der Waals surface area contributed by atoms with Crippen LogP contribution in [0.15, 0.2) is 30.3 Å². The highest BCUT2D eigenvalue weighted by atomic mass is 16.5. The van der Waals surface area contributed by atoms with Crippen LogP contribution in [0.1, 0.15) is 61.4 Å². The summed E-state index contributed by atoms with van der Waals surface area (Å²) in [6.45, 7) is 9.03. The van der Waals surface area contributed by atoms with Gasteiger partial charge in [-0.2, -0.15) is 5.10 Å². The first-order chi connectivity index (χ1) is 11.8. The van der Waals surface area contributed by atoms with Crippen LogP contribution in [0.5, 0.6) is 5.75 Å². The van der Waals surface area contributed by atoms with E-state index in [1.165, 1.54) is 0 Å². The van der Waals surface area contributed by atoms with E-state index in [2.05, 4.69) is 25.9 Å². The number of ether oxygens (including phenoxy) is 1. The lowest BCUT2D eigenvalue weighted by molar-refractivity contribution is 0.0726. The second-order valence-corrected chi connectivity index (χ2v) is 7.65. The van der Waals surface area contributed by atoms with E-state index in [1.807, 2.05) is 46.8 Å². The third-order valence-corrected chi connectivity index (χ3v) is 4.75. The highest BCUT2D eigenvalue weighted by molar-refractivity contribution is 5.93. The van der Waals surface area contributed by atoms with Crippen LogP contribution in [0, 0.1) is 6.92 Å². The van der Waals surface area contributed by atoms with Crippen LogP contribution >= 0.6 is 0 Å². The topological polar surface area (TPSA) is 47.4 Å². The highest BCUT2D eigenvalue weighted by Gasteiger charge is 2.34. The zero-order valence-corrected chi connectivity index (χ0v) is 15.7. The standard InChI is InChI=1S/C20H27N3O2/c1-14-13-16(21-23(14)20(2,3)4)19(24)22-12-8-10-17(22)15-9-6-7-11-18(15)25-5/h6-7,9,11,13,17H,8,10,12H2,1-5H3. The average molecular weight is 341 g/mol. The first kappa shape index (κ1) is 17.5. The second-order valence-electron chi connectivity index (χ2n) is 7.65. The number of aryl methyl sites for hydroxylation is 1. The van der Waals surface area contributed by atoms with E-state index in [9.17, 15) is 4.79 Å². The van der Waals surface area contributed by atoms with Crippen LogP contribution in [0.25, 0.3) is 0 Å². The second kappa shape index (κ2) is 6.54. The lowest BCUT2D eigenvalue weighted by atomic mass is 10.0. The van der Waals surface area contributed by atoms with Crippen molar-refractivity contribution in [3.63, 3.8) is 0 Å². The Morgan fingerprint density at radius 3 is 2.64 bits per heavy atom. The monoisotopic (exact) mass is 341 g/mol. The molecule has 0 radical (unpaired) electrons. The number of hydrogen-bond acceptors (Lipinski definition) is 3. The number of nitrogens with zero attached hydrogens (tertiary/aromatic N) is 3. The maximum absolute atomic E-state index is 13.1. The first-order valence-corrected chi connectivity index (χ1v) is 8.84. The molecular formula is C20H27N3O2. The van der Waals surface area contributed by atoms with E-state index >= 15 is 0 Å². The maximum atomic E-state index is 13.1. The van der Waals surface area contributed by atoms with Gasteiger partial charge in [-0.15, -0.1) is 0 Å². The van der Waals surface area contributed by atoms with Crippen LogP contribution in [0.4, 0.5) is 0 Å². The van der Waals surface area contributed by atoms with Crippen molar-refractivity contribution in [3.8, 4) is 5.75 Å². The fourth-order valence-corrected chi connectivity index (χ4v) is 3.68. The van der Waals surface area contributed by atoms with Crippen molar-refractivity contribution in [2.75, 3.05) is 13.7 Å². The summed E-state index contributed by atoms with van der Waals surface area (Å²) in [5.41, 5.74) is 2.45. The van der Waals surface area contributed by atoms with E-state index in [4.69, 9.17) is 4.74 Å². The summed E-state index contributed by atoms with van der Waals surface area (Å²) in [6, 6.07) is 9.90. The summed E-state index contributed by atoms with van der Waals surface area (Å²) in [5.74, 6) is 0.836. The number of para-hydroxylation sites is 1. The quantitative estimate of drug-likeness (QED) is 0.850. The van der Waals surface area contributed by atoms with Gasteiger partial charge in [0.05, 0.1) is 18.7 Å². The number of carbonyl (C=O) groups excluding carboxylic acids is 1. The van der Waals surface area contributed by atoms with Crippen LogP contribution in [0.2, 0.25) is 0 Å². The molecule has 1 fully saturated rings. The molecule has 1 aliphatic rings. The maximum Gasteiger partial charge on any atom is 0.274 e. The van der Waals surface area contributed by atoms with Gasteiger partial charge in [0.25, 0.3) is 5.91 Å². The van der Waals surface area contributed by atoms with Gasteiger partial charge in [0.2, 0.25) is 0 Å². The molecule has 0 saturated carbocycles. The number of rotatable bonds is 3. The van der Waals surface area contributed by atoms with Gasteiger partial charge in [0.15, 0.2) is 5.69 Å². The van der Waals surface area contributed by atoms with E-state index in [1.54, 1.807) is 7.11 Å². The van der Waals surface area contributed by atoms with Gasteiger partial charge in [-0.25, -0.2) is 0 Å². The summed E-state index contributed by atoms with van der Waals surface area (Å²) >= 11 is 0. The van der Waals surface area contributed by atoms with Crippen LogP contribution in [0.3, 0.4) is 0 Å². The van der Waals surface area contributed by atoms with Crippen molar-refractivity contribution in [2.45, 2.75) is 52.1 Å². The number of likely N-dealkylation sites (tertiary alicyclic amines) is 1. The Kier molecular flexibility index (Phi) is 4.58. The number of benzene rings is 1. The minimum absolute atomic E-state index is 0.000457. The molecule has 0 aliphatic carbocycles. The van der Waals surface area contributed by atoms with Crippen molar-refractivity contribution < 1.29 is 9.53 Å². The van der Waals surface area contributed by atoms with Crippen LogP contribution in [-0.2, 0) is 5.54 Å². The molecule has 1 aromatic heterocycles.